The largest absolute Gasteiger partial charge is 0.508 e. The molecule has 3 aromatic rings. The Morgan fingerprint density at radius 2 is 1.49 bits per heavy atom. The number of phenolic OH excluding ortho intramolecular Hbond substituents is 1. The summed E-state index contributed by atoms with van der Waals surface area (Å²) < 4.78 is 28.4. The van der Waals surface area contributed by atoms with Crippen LogP contribution in [0, 0.1) is 0 Å². The quantitative estimate of drug-likeness (QED) is 0.156. The van der Waals surface area contributed by atoms with E-state index >= 15 is 0 Å². The molecule has 3 aromatic carbocycles. The molecule has 0 aromatic heterocycles. The Bertz CT molecular complexity index is 1180. The van der Waals surface area contributed by atoms with Gasteiger partial charge in [-0.15, -0.1) is 35.3 Å². The summed E-state index contributed by atoms with van der Waals surface area (Å²) in [6.07, 6.45) is 0. The summed E-state index contributed by atoms with van der Waals surface area (Å²) in [6, 6.07) is 15.1. The van der Waals surface area contributed by atoms with Crippen LogP contribution in [0.4, 0.5) is 5.69 Å². The molecule has 1 heterocycles. The average molecular weight is 562 g/mol. The lowest BCUT2D eigenvalue weighted by Crippen LogP contribution is -2.05. The van der Waals surface area contributed by atoms with Crippen molar-refractivity contribution in [3.8, 4) is 34.5 Å². The van der Waals surface area contributed by atoms with Crippen molar-refractivity contribution in [3.05, 3.63) is 59.7 Å². The van der Waals surface area contributed by atoms with Gasteiger partial charge < -0.3 is 34.5 Å². The first-order chi connectivity index (χ1) is 18.0. The zero-order valence-corrected chi connectivity index (χ0v) is 23.6. The van der Waals surface area contributed by atoms with Crippen LogP contribution in [0.1, 0.15) is 21.0 Å². The maximum absolute atomic E-state index is 9.42. The number of anilines is 1. The number of nitrogens with two attached hydrogens (primary N) is 1. The molecule has 0 saturated carbocycles. The monoisotopic (exact) mass is 561 g/mol. The number of aromatic hydroxyl groups is 1. The number of thioether (sulfide) groups is 3. The Morgan fingerprint density at radius 1 is 0.865 bits per heavy atom. The van der Waals surface area contributed by atoms with E-state index in [1.807, 2.05) is 59.9 Å². The van der Waals surface area contributed by atoms with Gasteiger partial charge in [0.2, 0.25) is 5.75 Å². The molecule has 2 atom stereocenters. The molecule has 2 unspecified atom stereocenters. The van der Waals surface area contributed by atoms with Crippen molar-refractivity contribution in [2.75, 3.05) is 52.3 Å². The molecule has 4 rings (SSSR count). The molecule has 0 aliphatic carbocycles. The van der Waals surface area contributed by atoms with E-state index < -0.39 is 0 Å². The van der Waals surface area contributed by atoms with Gasteiger partial charge >= 0.3 is 0 Å². The molecule has 0 amide bonds. The maximum Gasteiger partial charge on any atom is 0.203 e. The van der Waals surface area contributed by atoms with Gasteiger partial charge in [-0.2, -0.15) is 0 Å². The highest BCUT2D eigenvalue weighted by atomic mass is 32.2. The molecule has 7 nitrogen and oxygen atoms in total. The molecule has 0 radical (unpaired) electrons. The molecule has 10 heteroatoms. The van der Waals surface area contributed by atoms with Gasteiger partial charge in [0, 0.05) is 21.7 Å². The smallest absolute Gasteiger partial charge is 0.203 e. The first-order valence-electron chi connectivity index (χ1n) is 11.6. The van der Waals surface area contributed by atoms with E-state index in [1.54, 1.807) is 52.3 Å². The van der Waals surface area contributed by atoms with E-state index in [2.05, 4.69) is 0 Å². The van der Waals surface area contributed by atoms with Gasteiger partial charge in [0.05, 0.1) is 45.3 Å². The molecule has 1 aliphatic rings. The van der Waals surface area contributed by atoms with Crippen LogP contribution >= 0.6 is 35.3 Å². The number of methoxy groups -OCH3 is 4. The molecule has 1 aliphatic heterocycles. The lowest BCUT2D eigenvalue weighted by molar-refractivity contribution is 0.315. The summed E-state index contributed by atoms with van der Waals surface area (Å²) in [6.45, 7) is 0.474. The number of rotatable bonds is 11. The second-order valence-corrected chi connectivity index (χ2v) is 12.0. The Kier molecular flexibility index (Phi) is 9.39. The molecule has 0 bridgehead atoms. The molecular weight excluding hydrogens is 530 g/mol. The summed E-state index contributed by atoms with van der Waals surface area (Å²) in [5, 5.41) is 9.67. The predicted molar refractivity (Wildman–Crippen MR) is 153 cm³/mol. The second-order valence-electron chi connectivity index (χ2n) is 8.08. The summed E-state index contributed by atoms with van der Waals surface area (Å²) in [5.41, 5.74) is 9.19. The van der Waals surface area contributed by atoms with Crippen molar-refractivity contribution in [1.29, 1.82) is 0 Å². The predicted octanol–water partition coefficient (Wildman–Crippen LogP) is 6.40. The van der Waals surface area contributed by atoms with E-state index in [-0.39, 0.29) is 15.6 Å². The second kappa shape index (κ2) is 12.7. The van der Waals surface area contributed by atoms with Gasteiger partial charge in [0.15, 0.2) is 23.0 Å². The zero-order valence-electron chi connectivity index (χ0n) is 21.2. The van der Waals surface area contributed by atoms with Gasteiger partial charge in [0.25, 0.3) is 0 Å². The van der Waals surface area contributed by atoms with Crippen molar-refractivity contribution in [2.45, 2.75) is 14.7 Å². The number of phenols is 1. The molecule has 3 N–H and O–H groups in total. The normalized spacial score (nSPS) is 16.9. The Balaban J connectivity index is 1.43. The van der Waals surface area contributed by atoms with Crippen molar-refractivity contribution in [3.63, 3.8) is 0 Å². The molecule has 198 valence electrons. The van der Waals surface area contributed by atoms with E-state index in [9.17, 15) is 5.11 Å². The van der Waals surface area contributed by atoms with E-state index in [0.717, 1.165) is 27.5 Å². The minimum Gasteiger partial charge on any atom is -0.508 e. The SMILES string of the molecule is COc1cc(C2SCC(c3cc(OC)c(OC)c(OC)c3)S2)cc(N)c1OCCSc1ccc(O)cc1. The first kappa shape index (κ1) is 27.3. The van der Waals surface area contributed by atoms with Crippen LogP contribution in [0.2, 0.25) is 0 Å². The highest BCUT2D eigenvalue weighted by molar-refractivity contribution is 8.19. The highest BCUT2D eigenvalue weighted by Gasteiger charge is 2.31. The summed E-state index contributed by atoms with van der Waals surface area (Å²) in [4.78, 5) is 1.06. The van der Waals surface area contributed by atoms with Crippen LogP contribution in [-0.2, 0) is 0 Å². The van der Waals surface area contributed by atoms with Crippen molar-refractivity contribution in [2.24, 2.45) is 0 Å². The van der Waals surface area contributed by atoms with Gasteiger partial charge in [0.1, 0.15) is 5.75 Å². The van der Waals surface area contributed by atoms with Gasteiger partial charge in [-0.25, -0.2) is 0 Å². The Labute approximate surface area is 230 Å². The standard InChI is InChI=1S/C27H31NO6S3/c1-30-21-14-17(11-20(28)25(21)34-9-10-35-19-7-5-18(29)6-8-19)27-36-15-24(37-27)16-12-22(31-2)26(33-4)23(13-16)32-3/h5-8,11-14,24,27,29H,9-10,15,28H2,1-4H3. The number of nitrogen functional groups attached to an aromatic ring is 1. The Hall–Kier alpha value is -2.69. The third-order valence-corrected chi connectivity index (χ3v) is 10.1. The van der Waals surface area contributed by atoms with Crippen LogP contribution in [0.5, 0.6) is 34.5 Å². The van der Waals surface area contributed by atoms with Crippen LogP contribution < -0.4 is 29.4 Å². The first-order valence-corrected chi connectivity index (χ1v) is 14.5. The minimum absolute atomic E-state index is 0.194. The fourth-order valence-electron chi connectivity index (χ4n) is 3.97. The van der Waals surface area contributed by atoms with Crippen molar-refractivity contribution >= 4 is 41.0 Å². The van der Waals surface area contributed by atoms with E-state index in [4.69, 9.17) is 29.4 Å². The third-order valence-electron chi connectivity index (χ3n) is 5.78. The summed E-state index contributed by atoms with van der Waals surface area (Å²) in [5.74, 6) is 5.02. The Morgan fingerprint density at radius 3 is 2.11 bits per heavy atom. The zero-order chi connectivity index (χ0) is 26.4. The molecular formula is C27H31NO6S3. The fraction of sp³-hybridized carbons (Fsp3) is 0.333. The number of ether oxygens (including phenoxy) is 5. The van der Waals surface area contributed by atoms with Crippen LogP contribution in [0.25, 0.3) is 0 Å². The topological polar surface area (TPSA) is 92.4 Å². The number of hydrogen-bond donors (Lipinski definition) is 2. The van der Waals surface area contributed by atoms with Gasteiger partial charge in [-0.1, -0.05) is 0 Å². The number of hydrogen-bond acceptors (Lipinski definition) is 10. The summed E-state index contributed by atoms with van der Waals surface area (Å²) >= 11 is 5.37. The van der Waals surface area contributed by atoms with Gasteiger partial charge in [-0.3, -0.25) is 0 Å². The van der Waals surface area contributed by atoms with E-state index in [1.165, 1.54) is 0 Å². The lowest BCUT2D eigenvalue weighted by Gasteiger charge is -2.18. The minimum atomic E-state index is 0.194. The highest BCUT2D eigenvalue weighted by Crippen LogP contribution is 2.58. The van der Waals surface area contributed by atoms with Crippen molar-refractivity contribution < 1.29 is 28.8 Å². The lowest BCUT2D eigenvalue weighted by atomic mass is 10.1. The van der Waals surface area contributed by atoms with Crippen LogP contribution in [0.3, 0.4) is 0 Å². The maximum atomic E-state index is 9.42. The van der Waals surface area contributed by atoms with Gasteiger partial charge in [-0.05, 0) is 59.7 Å². The summed E-state index contributed by atoms with van der Waals surface area (Å²) in [7, 11) is 6.50. The van der Waals surface area contributed by atoms with E-state index in [0.29, 0.717) is 41.0 Å². The fourth-order valence-corrected chi connectivity index (χ4v) is 7.96. The average Bonchev–Trinajstić information content (AvgIpc) is 3.42. The molecule has 37 heavy (non-hydrogen) atoms. The molecule has 1 saturated heterocycles. The van der Waals surface area contributed by atoms with Crippen LogP contribution in [-0.4, -0.2) is 51.7 Å². The number of benzene rings is 3. The molecule has 1 fully saturated rings. The van der Waals surface area contributed by atoms with Crippen molar-refractivity contribution in [1.82, 2.24) is 0 Å². The van der Waals surface area contributed by atoms with Crippen LogP contribution in [0.15, 0.2) is 53.4 Å². The molecule has 0 spiro atoms. The third kappa shape index (κ3) is 6.42.